The number of benzene rings is 1. The maximum Gasteiger partial charge on any atom is 0.266 e. The number of aryl methyl sites for hydroxylation is 2. The third kappa shape index (κ3) is 3.67. The molecule has 1 atom stereocenters. The normalized spacial score (nSPS) is 16.6. The van der Waals surface area contributed by atoms with Crippen molar-refractivity contribution in [1.82, 2.24) is 14.7 Å². The summed E-state index contributed by atoms with van der Waals surface area (Å²) in [6.07, 6.45) is 5.86. The summed E-state index contributed by atoms with van der Waals surface area (Å²) >= 11 is 0. The van der Waals surface area contributed by atoms with E-state index in [1.807, 2.05) is 18.2 Å². The quantitative estimate of drug-likeness (QED) is 0.687. The van der Waals surface area contributed by atoms with Crippen LogP contribution in [0, 0.1) is 6.92 Å². The van der Waals surface area contributed by atoms with E-state index in [-0.39, 0.29) is 5.56 Å². The second-order valence-electron chi connectivity index (χ2n) is 7.63. The van der Waals surface area contributed by atoms with Gasteiger partial charge in [0.25, 0.3) is 5.56 Å². The van der Waals surface area contributed by atoms with Crippen molar-refractivity contribution >= 4 is 11.3 Å². The Bertz CT molecular complexity index is 1030. The summed E-state index contributed by atoms with van der Waals surface area (Å²) in [4.78, 5) is 18.2. The fourth-order valence-corrected chi connectivity index (χ4v) is 3.98. The van der Waals surface area contributed by atoms with Crippen LogP contribution < -0.4 is 16.2 Å². The van der Waals surface area contributed by atoms with Crippen LogP contribution in [-0.2, 0) is 6.42 Å². The topological polar surface area (TPSA) is 58.4 Å². The predicted molar refractivity (Wildman–Crippen MR) is 115 cm³/mol. The minimum Gasteiger partial charge on any atom is -0.381 e. The Morgan fingerprint density at radius 3 is 2.93 bits per heavy atom. The van der Waals surface area contributed by atoms with Crippen molar-refractivity contribution in [1.29, 1.82) is 0 Å². The summed E-state index contributed by atoms with van der Waals surface area (Å²) in [7, 11) is 0. The molecular weight excluding hydrogens is 348 g/mol. The van der Waals surface area contributed by atoms with Crippen LogP contribution in [0.1, 0.15) is 37.4 Å². The van der Waals surface area contributed by atoms with Crippen LogP contribution in [0.25, 0.3) is 16.8 Å². The first-order chi connectivity index (χ1) is 13.7. The number of aromatic nitrogens is 2. The summed E-state index contributed by atoms with van der Waals surface area (Å²) in [6.45, 7) is 6.31. The van der Waals surface area contributed by atoms with Crippen LogP contribution in [0.2, 0.25) is 0 Å². The summed E-state index contributed by atoms with van der Waals surface area (Å²) in [5, 5.41) is 6.97. The molecule has 1 fully saturated rings. The lowest BCUT2D eigenvalue weighted by atomic mass is 9.97. The second kappa shape index (κ2) is 8.15. The molecule has 0 amide bonds. The Kier molecular flexibility index (Phi) is 5.44. The lowest BCUT2D eigenvalue weighted by Gasteiger charge is -2.16. The van der Waals surface area contributed by atoms with Gasteiger partial charge in [-0.05, 0) is 68.1 Å². The van der Waals surface area contributed by atoms with E-state index in [4.69, 9.17) is 4.98 Å². The average Bonchev–Trinajstić information content (AvgIpc) is 3.20. The molecule has 1 aromatic carbocycles. The Morgan fingerprint density at radius 2 is 2.18 bits per heavy atom. The smallest absolute Gasteiger partial charge is 0.266 e. The van der Waals surface area contributed by atoms with Crippen LogP contribution in [0.15, 0.2) is 47.4 Å². The van der Waals surface area contributed by atoms with E-state index >= 15 is 0 Å². The monoisotopic (exact) mass is 376 g/mol. The maximum absolute atomic E-state index is 13.3. The van der Waals surface area contributed by atoms with E-state index in [0.29, 0.717) is 11.7 Å². The molecule has 28 heavy (non-hydrogen) atoms. The number of nitrogens with zero attached hydrogens (tertiary/aromatic N) is 2. The molecule has 0 radical (unpaired) electrons. The molecular formula is C23H28N4O. The van der Waals surface area contributed by atoms with Crippen LogP contribution in [-0.4, -0.2) is 28.5 Å². The molecule has 1 unspecified atom stereocenters. The van der Waals surface area contributed by atoms with Crippen molar-refractivity contribution in [2.45, 2.75) is 45.6 Å². The number of hydrogen-bond acceptors (Lipinski definition) is 4. The van der Waals surface area contributed by atoms with Gasteiger partial charge in [0.15, 0.2) is 0 Å². The zero-order valence-electron chi connectivity index (χ0n) is 16.7. The number of fused-ring (bicyclic) bond motifs is 1. The fraction of sp³-hybridized carbons (Fsp3) is 0.391. The molecule has 4 rings (SSSR count). The summed E-state index contributed by atoms with van der Waals surface area (Å²) in [5.74, 6) is 0. The second-order valence-corrected chi connectivity index (χ2v) is 7.63. The van der Waals surface area contributed by atoms with Gasteiger partial charge < -0.3 is 10.6 Å². The summed E-state index contributed by atoms with van der Waals surface area (Å²) < 4.78 is 1.65. The number of nitrogens with one attached hydrogen (secondary N) is 2. The van der Waals surface area contributed by atoms with E-state index in [9.17, 15) is 4.79 Å². The van der Waals surface area contributed by atoms with Gasteiger partial charge in [-0.2, -0.15) is 0 Å². The highest BCUT2D eigenvalue weighted by atomic mass is 16.1. The summed E-state index contributed by atoms with van der Waals surface area (Å²) in [6, 6.07) is 12.5. The van der Waals surface area contributed by atoms with E-state index in [1.165, 1.54) is 0 Å². The number of rotatable bonds is 6. The van der Waals surface area contributed by atoms with Crippen LogP contribution in [0.5, 0.6) is 0 Å². The predicted octanol–water partition coefficient (Wildman–Crippen LogP) is 3.79. The van der Waals surface area contributed by atoms with Crippen molar-refractivity contribution in [3.05, 3.63) is 64.2 Å². The van der Waals surface area contributed by atoms with Gasteiger partial charge in [-0.15, -0.1) is 0 Å². The molecule has 0 spiro atoms. The van der Waals surface area contributed by atoms with Gasteiger partial charge in [-0.25, -0.2) is 4.98 Å². The molecule has 1 aliphatic rings. The van der Waals surface area contributed by atoms with Gasteiger partial charge in [-0.1, -0.05) is 25.5 Å². The number of hydrogen-bond donors (Lipinski definition) is 2. The minimum absolute atomic E-state index is 0.0144. The number of pyridine rings is 1. The van der Waals surface area contributed by atoms with Crippen molar-refractivity contribution < 1.29 is 0 Å². The van der Waals surface area contributed by atoms with E-state index in [2.05, 4.69) is 42.7 Å². The molecule has 3 aromatic rings. The molecule has 2 aromatic heterocycles. The molecule has 2 N–H and O–H groups in total. The van der Waals surface area contributed by atoms with Gasteiger partial charge in [-0.3, -0.25) is 9.20 Å². The van der Waals surface area contributed by atoms with Gasteiger partial charge >= 0.3 is 0 Å². The van der Waals surface area contributed by atoms with Gasteiger partial charge in [0.1, 0.15) is 5.65 Å². The average molecular weight is 377 g/mol. The van der Waals surface area contributed by atoms with Gasteiger partial charge in [0, 0.05) is 24.5 Å². The van der Waals surface area contributed by atoms with E-state index in [1.54, 1.807) is 10.6 Å². The van der Waals surface area contributed by atoms with Crippen molar-refractivity contribution in [3.63, 3.8) is 0 Å². The molecule has 5 nitrogen and oxygen atoms in total. The first-order valence-corrected chi connectivity index (χ1v) is 10.3. The molecule has 1 saturated heterocycles. The Hall–Kier alpha value is -2.66. The summed E-state index contributed by atoms with van der Waals surface area (Å²) in [5.41, 5.74) is 5.57. The first kappa shape index (κ1) is 18.7. The first-order valence-electron chi connectivity index (χ1n) is 10.3. The van der Waals surface area contributed by atoms with Crippen LogP contribution in [0.4, 0.5) is 5.69 Å². The lowest BCUT2D eigenvalue weighted by molar-refractivity contribution is 0.774. The number of unbranched alkanes of at least 4 members (excludes halogenated alkanes) is 1. The van der Waals surface area contributed by atoms with Gasteiger partial charge in [0.05, 0.1) is 11.3 Å². The molecule has 3 heterocycles. The third-order valence-electron chi connectivity index (χ3n) is 5.50. The van der Waals surface area contributed by atoms with Crippen molar-refractivity contribution in [2.24, 2.45) is 0 Å². The van der Waals surface area contributed by atoms with Crippen LogP contribution >= 0.6 is 0 Å². The van der Waals surface area contributed by atoms with E-state index in [0.717, 1.165) is 66.8 Å². The Morgan fingerprint density at radius 1 is 1.29 bits per heavy atom. The molecule has 5 heteroatoms. The zero-order chi connectivity index (χ0) is 19.5. The van der Waals surface area contributed by atoms with Gasteiger partial charge in [0.2, 0.25) is 0 Å². The van der Waals surface area contributed by atoms with Crippen LogP contribution in [0.3, 0.4) is 0 Å². The molecule has 0 saturated carbocycles. The fourth-order valence-electron chi connectivity index (χ4n) is 3.98. The highest BCUT2D eigenvalue weighted by molar-refractivity contribution is 5.72. The third-order valence-corrected chi connectivity index (χ3v) is 5.50. The molecule has 1 aliphatic heterocycles. The lowest BCUT2D eigenvalue weighted by Crippen LogP contribution is -2.22. The highest BCUT2D eigenvalue weighted by Crippen LogP contribution is 2.27. The minimum atomic E-state index is 0.0144. The zero-order valence-corrected chi connectivity index (χ0v) is 16.7. The Labute approximate surface area is 165 Å². The SMILES string of the molecule is CCCCc1nc2ccccn2c(=O)c1-c1ccc(NC2CCNC2)cc1C. The number of anilines is 1. The largest absolute Gasteiger partial charge is 0.381 e. The maximum atomic E-state index is 13.3. The molecule has 146 valence electrons. The molecule has 0 bridgehead atoms. The molecule has 0 aliphatic carbocycles. The van der Waals surface area contributed by atoms with Crippen molar-refractivity contribution in [2.75, 3.05) is 18.4 Å². The standard InChI is InChI=1S/C23H28N4O/c1-3-4-7-20-22(23(28)27-13-6-5-8-21(27)26-20)19-10-9-17(14-16(19)2)25-18-11-12-24-15-18/h5-6,8-10,13-14,18,24-25H,3-4,7,11-12,15H2,1-2H3. The van der Waals surface area contributed by atoms with E-state index < -0.39 is 0 Å². The van der Waals surface area contributed by atoms with Crippen molar-refractivity contribution in [3.8, 4) is 11.1 Å². The Balaban J connectivity index is 1.78. The highest BCUT2D eigenvalue weighted by Gasteiger charge is 2.18.